The Balaban J connectivity index is 2.19. The van der Waals surface area contributed by atoms with Gasteiger partial charge in [-0.1, -0.05) is 17.7 Å². The van der Waals surface area contributed by atoms with Gasteiger partial charge in [-0.25, -0.2) is 0 Å². The highest BCUT2D eigenvalue weighted by Gasteiger charge is 2.12. The SMILES string of the molecule is CCNC(=O)c1ccc(C)c(NC(C)c2ccc(Cl)s2)c1. The van der Waals surface area contributed by atoms with E-state index in [1.54, 1.807) is 11.3 Å². The van der Waals surface area contributed by atoms with Gasteiger partial charge in [0.25, 0.3) is 5.91 Å². The molecule has 2 rings (SSSR count). The third-order valence-electron chi connectivity index (χ3n) is 3.23. The van der Waals surface area contributed by atoms with Gasteiger partial charge in [-0.05, 0) is 50.6 Å². The molecule has 2 aromatic rings. The minimum Gasteiger partial charge on any atom is -0.377 e. The average Bonchev–Trinajstić information content (AvgIpc) is 2.88. The molecule has 1 atom stereocenters. The smallest absolute Gasteiger partial charge is 0.251 e. The van der Waals surface area contributed by atoms with Crippen LogP contribution >= 0.6 is 22.9 Å². The summed E-state index contributed by atoms with van der Waals surface area (Å²) in [5.74, 6) is -0.0487. The summed E-state index contributed by atoms with van der Waals surface area (Å²) in [6, 6.07) is 9.77. The molecule has 0 radical (unpaired) electrons. The van der Waals surface area contributed by atoms with Gasteiger partial charge in [-0.2, -0.15) is 0 Å². The molecule has 0 saturated heterocycles. The molecule has 0 bridgehead atoms. The van der Waals surface area contributed by atoms with Gasteiger partial charge in [0.15, 0.2) is 0 Å². The van der Waals surface area contributed by atoms with Crippen molar-refractivity contribution in [3.05, 3.63) is 50.7 Å². The van der Waals surface area contributed by atoms with Crippen molar-refractivity contribution in [2.45, 2.75) is 26.8 Å². The number of hydrogen-bond acceptors (Lipinski definition) is 3. The first-order valence-corrected chi connectivity index (χ1v) is 8.11. The number of carbonyl (C=O) groups is 1. The Labute approximate surface area is 134 Å². The number of hydrogen-bond donors (Lipinski definition) is 2. The normalized spacial score (nSPS) is 12.0. The van der Waals surface area contributed by atoms with E-state index in [1.165, 1.54) is 4.88 Å². The zero-order valence-electron chi connectivity index (χ0n) is 12.4. The predicted molar refractivity (Wildman–Crippen MR) is 90.6 cm³/mol. The molecular weight excluding hydrogens is 304 g/mol. The van der Waals surface area contributed by atoms with Gasteiger partial charge < -0.3 is 10.6 Å². The van der Waals surface area contributed by atoms with Gasteiger partial charge in [-0.15, -0.1) is 11.3 Å². The van der Waals surface area contributed by atoms with Crippen LogP contribution in [0.5, 0.6) is 0 Å². The van der Waals surface area contributed by atoms with Gasteiger partial charge in [-0.3, -0.25) is 4.79 Å². The Kier molecular flexibility index (Phi) is 5.26. The molecule has 1 amide bonds. The van der Waals surface area contributed by atoms with E-state index in [4.69, 9.17) is 11.6 Å². The summed E-state index contributed by atoms with van der Waals surface area (Å²) in [4.78, 5) is 13.1. The Morgan fingerprint density at radius 1 is 1.33 bits per heavy atom. The summed E-state index contributed by atoms with van der Waals surface area (Å²) in [6.45, 7) is 6.64. The Morgan fingerprint density at radius 2 is 2.10 bits per heavy atom. The van der Waals surface area contributed by atoms with E-state index in [2.05, 4.69) is 17.6 Å². The second-order valence-electron chi connectivity index (χ2n) is 4.90. The second kappa shape index (κ2) is 6.96. The first kappa shape index (κ1) is 15.9. The summed E-state index contributed by atoms with van der Waals surface area (Å²) < 4.78 is 0.784. The molecule has 0 aliphatic rings. The molecule has 1 aromatic carbocycles. The van der Waals surface area contributed by atoms with E-state index in [1.807, 2.05) is 44.2 Å². The molecule has 2 N–H and O–H groups in total. The fourth-order valence-electron chi connectivity index (χ4n) is 2.05. The van der Waals surface area contributed by atoms with Gasteiger partial charge in [0.05, 0.1) is 10.4 Å². The zero-order chi connectivity index (χ0) is 15.4. The van der Waals surface area contributed by atoms with Crippen molar-refractivity contribution in [2.24, 2.45) is 0 Å². The lowest BCUT2D eigenvalue weighted by Crippen LogP contribution is -2.22. The van der Waals surface area contributed by atoms with Crippen LogP contribution in [-0.4, -0.2) is 12.5 Å². The number of nitrogens with one attached hydrogen (secondary N) is 2. The lowest BCUT2D eigenvalue weighted by atomic mass is 10.1. The maximum atomic E-state index is 11.9. The van der Waals surface area contributed by atoms with Crippen LogP contribution in [0, 0.1) is 6.92 Å². The van der Waals surface area contributed by atoms with Crippen molar-refractivity contribution >= 4 is 34.5 Å². The van der Waals surface area contributed by atoms with E-state index >= 15 is 0 Å². The van der Waals surface area contributed by atoms with E-state index in [9.17, 15) is 4.79 Å². The lowest BCUT2D eigenvalue weighted by molar-refractivity contribution is 0.0956. The van der Waals surface area contributed by atoms with Crippen molar-refractivity contribution in [2.75, 3.05) is 11.9 Å². The minimum atomic E-state index is -0.0487. The third kappa shape index (κ3) is 3.99. The number of rotatable bonds is 5. The first-order valence-electron chi connectivity index (χ1n) is 6.92. The highest BCUT2D eigenvalue weighted by Crippen LogP contribution is 2.30. The number of anilines is 1. The molecule has 112 valence electrons. The van der Waals surface area contributed by atoms with Gasteiger partial charge >= 0.3 is 0 Å². The van der Waals surface area contributed by atoms with Crippen LogP contribution in [0.25, 0.3) is 0 Å². The molecule has 0 spiro atoms. The quantitative estimate of drug-likeness (QED) is 0.842. The van der Waals surface area contributed by atoms with Gasteiger partial charge in [0.1, 0.15) is 0 Å². The van der Waals surface area contributed by atoms with Crippen molar-refractivity contribution in [3.63, 3.8) is 0 Å². The van der Waals surface area contributed by atoms with E-state index in [0.717, 1.165) is 15.6 Å². The molecule has 0 aliphatic heterocycles. The Morgan fingerprint density at radius 3 is 2.71 bits per heavy atom. The Hall–Kier alpha value is -1.52. The number of amides is 1. The van der Waals surface area contributed by atoms with Gasteiger partial charge in [0, 0.05) is 22.7 Å². The van der Waals surface area contributed by atoms with Crippen LogP contribution in [0.15, 0.2) is 30.3 Å². The van der Waals surface area contributed by atoms with Crippen LogP contribution in [0.2, 0.25) is 4.34 Å². The fourth-order valence-corrected chi connectivity index (χ4v) is 3.11. The predicted octanol–water partition coefficient (Wildman–Crippen LogP) is 4.63. The molecule has 1 unspecified atom stereocenters. The van der Waals surface area contributed by atoms with Crippen molar-refractivity contribution < 1.29 is 4.79 Å². The molecule has 21 heavy (non-hydrogen) atoms. The molecule has 1 heterocycles. The summed E-state index contributed by atoms with van der Waals surface area (Å²) in [5, 5.41) is 6.26. The van der Waals surface area contributed by atoms with E-state index in [0.29, 0.717) is 12.1 Å². The molecule has 5 heteroatoms. The molecule has 0 aliphatic carbocycles. The maximum absolute atomic E-state index is 11.9. The first-order chi connectivity index (χ1) is 10.0. The molecular formula is C16H19ClN2OS. The Bertz CT molecular complexity index is 639. The van der Waals surface area contributed by atoms with E-state index < -0.39 is 0 Å². The monoisotopic (exact) mass is 322 g/mol. The number of carbonyl (C=O) groups excluding carboxylic acids is 1. The summed E-state index contributed by atoms with van der Waals surface area (Å²) in [7, 11) is 0. The molecule has 1 aromatic heterocycles. The van der Waals surface area contributed by atoms with Crippen LogP contribution in [0.4, 0.5) is 5.69 Å². The van der Waals surface area contributed by atoms with Crippen molar-refractivity contribution in [1.82, 2.24) is 5.32 Å². The second-order valence-corrected chi connectivity index (χ2v) is 6.64. The average molecular weight is 323 g/mol. The maximum Gasteiger partial charge on any atom is 0.251 e. The number of aryl methyl sites for hydroxylation is 1. The lowest BCUT2D eigenvalue weighted by Gasteiger charge is -2.16. The summed E-state index contributed by atoms with van der Waals surface area (Å²) in [5.41, 5.74) is 2.75. The standard InChI is InChI=1S/C16H19ClN2OS/c1-4-18-16(20)12-6-5-10(2)13(9-12)19-11(3)14-7-8-15(17)21-14/h5-9,11,19H,4H2,1-3H3,(H,18,20). The van der Waals surface area contributed by atoms with Crippen molar-refractivity contribution in [1.29, 1.82) is 0 Å². The van der Waals surface area contributed by atoms with Crippen LogP contribution < -0.4 is 10.6 Å². The van der Waals surface area contributed by atoms with Gasteiger partial charge in [0.2, 0.25) is 0 Å². The topological polar surface area (TPSA) is 41.1 Å². The number of benzene rings is 1. The fraction of sp³-hybridized carbons (Fsp3) is 0.312. The molecule has 0 fully saturated rings. The number of thiophene rings is 1. The molecule has 3 nitrogen and oxygen atoms in total. The minimum absolute atomic E-state index is 0.0487. The summed E-state index contributed by atoms with van der Waals surface area (Å²) >= 11 is 7.54. The van der Waals surface area contributed by atoms with Crippen molar-refractivity contribution in [3.8, 4) is 0 Å². The number of halogens is 1. The zero-order valence-corrected chi connectivity index (χ0v) is 13.9. The highest BCUT2D eigenvalue weighted by atomic mass is 35.5. The molecule has 0 saturated carbocycles. The van der Waals surface area contributed by atoms with E-state index in [-0.39, 0.29) is 11.9 Å². The highest BCUT2D eigenvalue weighted by molar-refractivity contribution is 7.16. The summed E-state index contributed by atoms with van der Waals surface area (Å²) in [6.07, 6.45) is 0. The van der Waals surface area contributed by atoms with Crippen LogP contribution in [0.3, 0.4) is 0 Å². The third-order valence-corrected chi connectivity index (χ3v) is 4.64. The van der Waals surface area contributed by atoms with Crippen LogP contribution in [0.1, 0.15) is 40.7 Å². The van der Waals surface area contributed by atoms with Crippen LogP contribution in [-0.2, 0) is 0 Å². The largest absolute Gasteiger partial charge is 0.377 e.